The third-order valence-corrected chi connectivity index (χ3v) is 3.66. The van der Waals surface area contributed by atoms with Crippen LogP contribution in [0.15, 0.2) is 24.3 Å². The average molecular weight is 219 g/mol. The van der Waals surface area contributed by atoms with E-state index in [0.717, 1.165) is 18.5 Å². The third kappa shape index (κ3) is 1.70. The van der Waals surface area contributed by atoms with Gasteiger partial charge < -0.3 is 10.2 Å². The summed E-state index contributed by atoms with van der Waals surface area (Å²) in [4.78, 5) is 2.41. The Balaban J connectivity index is 1.87. The first-order valence-electron chi connectivity index (χ1n) is 5.98. The number of rotatable bonds is 2. The van der Waals surface area contributed by atoms with Gasteiger partial charge in [-0.3, -0.25) is 4.90 Å². The SMILES string of the molecule is Oc1ccc(C2C(O)CCN2C2CC2)cc1. The molecule has 16 heavy (non-hydrogen) atoms. The monoisotopic (exact) mass is 219 g/mol. The highest BCUT2D eigenvalue weighted by Crippen LogP contribution is 2.41. The molecule has 2 aliphatic rings. The van der Waals surface area contributed by atoms with E-state index in [4.69, 9.17) is 0 Å². The van der Waals surface area contributed by atoms with Gasteiger partial charge in [0.15, 0.2) is 0 Å². The Hall–Kier alpha value is -1.06. The van der Waals surface area contributed by atoms with Gasteiger partial charge >= 0.3 is 0 Å². The van der Waals surface area contributed by atoms with Crippen LogP contribution in [0, 0.1) is 0 Å². The van der Waals surface area contributed by atoms with Crippen LogP contribution in [0.25, 0.3) is 0 Å². The molecule has 2 atom stereocenters. The van der Waals surface area contributed by atoms with Gasteiger partial charge in [0, 0.05) is 12.6 Å². The van der Waals surface area contributed by atoms with E-state index in [2.05, 4.69) is 4.90 Å². The minimum absolute atomic E-state index is 0.132. The lowest BCUT2D eigenvalue weighted by Gasteiger charge is -2.26. The number of hydrogen-bond acceptors (Lipinski definition) is 3. The summed E-state index contributed by atoms with van der Waals surface area (Å²) in [5, 5.41) is 19.3. The topological polar surface area (TPSA) is 43.7 Å². The van der Waals surface area contributed by atoms with Crippen LogP contribution in [-0.4, -0.2) is 33.8 Å². The summed E-state index contributed by atoms with van der Waals surface area (Å²) < 4.78 is 0. The summed E-state index contributed by atoms with van der Waals surface area (Å²) in [6.07, 6.45) is 3.13. The van der Waals surface area contributed by atoms with Crippen LogP contribution in [0.4, 0.5) is 0 Å². The van der Waals surface area contributed by atoms with Gasteiger partial charge in [-0.1, -0.05) is 12.1 Å². The quantitative estimate of drug-likeness (QED) is 0.795. The fourth-order valence-electron chi connectivity index (χ4n) is 2.70. The number of hydrogen-bond donors (Lipinski definition) is 2. The van der Waals surface area contributed by atoms with E-state index in [0.29, 0.717) is 6.04 Å². The molecule has 0 amide bonds. The van der Waals surface area contributed by atoms with E-state index in [9.17, 15) is 10.2 Å². The van der Waals surface area contributed by atoms with Gasteiger partial charge in [-0.05, 0) is 37.0 Å². The summed E-state index contributed by atoms with van der Waals surface area (Å²) in [5.74, 6) is 0.286. The van der Waals surface area contributed by atoms with Crippen molar-refractivity contribution in [3.8, 4) is 5.75 Å². The van der Waals surface area contributed by atoms with Crippen molar-refractivity contribution in [2.75, 3.05) is 6.54 Å². The standard InChI is InChI=1S/C13H17NO2/c15-11-5-1-9(2-6-11)13-12(16)7-8-14(13)10-3-4-10/h1-2,5-6,10,12-13,15-16H,3-4,7-8H2. The van der Waals surface area contributed by atoms with Crippen molar-refractivity contribution in [3.63, 3.8) is 0 Å². The zero-order valence-corrected chi connectivity index (χ0v) is 9.21. The highest BCUT2D eigenvalue weighted by Gasteiger charge is 2.41. The summed E-state index contributed by atoms with van der Waals surface area (Å²) in [6, 6.07) is 8.05. The van der Waals surface area contributed by atoms with Gasteiger partial charge in [0.2, 0.25) is 0 Å². The number of nitrogens with zero attached hydrogens (tertiary/aromatic N) is 1. The molecule has 2 unspecified atom stereocenters. The molecule has 1 aromatic rings. The van der Waals surface area contributed by atoms with Crippen LogP contribution >= 0.6 is 0 Å². The molecule has 86 valence electrons. The molecule has 0 aromatic heterocycles. The molecule has 0 spiro atoms. The Morgan fingerprint density at radius 1 is 1.06 bits per heavy atom. The van der Waals surface area contributed by atoms with E-state index in [1.54, 1.807) is 12.1 Å². The largest absolute Gasteiger partial charge is 0.508 e. The molecule has 1 aliphatic heterocycles. The van der Waals surface area contributed by atoms with E-state index in [1.165, 1.54) is 12.8 Å². The molecule has 0 bridgehead atoms. The second-order valence-corrected chi connectivity index (χ2v) is 4.86. The summed E-state index contributed by atoms with van der Waals surface area (Å²) in [7, 11) is 0. The zero-order chi connectivity index (χ0) is 11.1. The lowest BCUT2D eigenvalue weighted by molar-refractivity contribution is 0.112. The molecule has 3 heteroatoms. The molecule has 1 heterocycles. The maximum Gasteiger partial charge on any atom is 0.115 e. The predicted molar refractivity (Wildman–Crippen MR) is 61.2 cm³/mol. The van der Waals surface area contributed by atoms with Crippen LogP contribution in [0.1, 0.15) is 30.9 Å². The van der Waals surface area contributed by atoms with Crippen molar-refractivity contribution < 1.29 is 10.2 Å². The second kappa shape index (κ2) is 3.75. The van der Waals surface area contributed by atoms with Gasteiger partial charge in [-0.25, -0.2) is 0 Å². The molecule has 0 radical (unpaired) electrons. The van der Waals surface area contributed by atoms with Crippen LogP contribution in [0.3, 0.4) is 0 Å². The molecular weight excluding hydrogens is 202 g/mol. The summed E-state index contributed by atoms with van der Waals surface area (Å²) in [5.41, 5.74) is 1.12. The van der Waals surface area contributed by atoms with Crippen LogP contribution in [-0.2, 0) is 0 Å². The van der Waals surface area contributed by atoms with E-state index in [1.807, 2.05) is 12.1 Å². The second-order valence-electron chi connectivity index (χ2n) is 4.86. The van der Waals surface area contributed by atoms with Crippen molar-refractivity contribution in [1.82, 2.24) is 4.90 Å². The van der Waals surface area contributed by atoms with Gasteiger partial charge in [0.25, 0.3) is 0 Å². The van der Waals surface area contributed by atoms with E-state index in [-0.39, 0.29) is 17.9 Å². The van der Waals surface area contributed by atoms with Crippen molar-refractivity contribution >= 4 is 0 Å². The smallest absolute Gasteiger partial charge is 0.115 e. The maximum absolute atomic E-state index is 10.1. The van der Waals surface area contributed by atoms with Crippen molar-refractivity contribution in [3.05, 3.63) is 29.8 Å². The lowest BCUT2D eigenvalue weighted by atomic mass is 10.0. The van der Waals surface area contributed by atoms with Crippen LogP contribution < -0.4 is 0 Å². The first kappa shape index (κ1) is 10.1. The molecule has 3 rings (SSSR count). The van der Waals surface area contributed by atoms with E-state index < -0.39 is 0 Å². The summed E-state index contributed by atoms with van der Waals surface area (Å²) >= 11 is 0. The fourth-order valence-corrected chi connectivity index (χ4v) is 2.70. The van der Waals surface area contributed by atoms with Crippen molar-refractivity contribution in [1.29, 1.82) is 0 Å². The Morgan fingerprint density at radius 2 is 1.75 bits per heavy atom. The highest BCUT2D eigenvalue weighted by molar-refractivity contribution is 5.29. The number of phenols is 1. The number of aliphatic hydroxyl groups is 1. The highest BCUT2D eigenvalue weighted by atomic mass is 16.3. The number of phenolic OH excluding ortho intramolecular Hbond substituents is 1. The van der Waals surface area contributed by atoms with Crippen molar-refractivity contribution in [2.24, 2.45) is 0 Å². The lowest BCUT2D eigenvalue weighted by Crippen LogP contribution is -2.29. The third-order valence-electron chi connectivity index (χ3n) is 3.66. The first-order chi connectivity index (χ1) is 7.75. The normalized spacial score (nSPS) is 30.8. The Labute approximate surface area is 95.3 Å². The van der Waals surface area contributed by atoms with Gasteiger partial charge in [0.1, 0.15) is 5.75 Å². The van der Waals surface area contributed by atoms with Crippen LogP contribution in [0.2, 0.25) is 0 Å². The van der Waals surface area contributed by atoms with E-state index >= 15 is 0 Å². The molecule has 2 fully saturated rings. The zero-order valence-electron chi connectivity index (χ0n) is 9.21. The fraction of sp³-hybridized carbons (Fsp3) is 0.538. The average Bonchev–Trinajstić information content (AvgIpc) is 3.05. The Bertz CT molecular complexity index is 372. The molecule has 2 N–H and O–H groups in total. The minimum atomic E-state index is -0.259. The predicted octanol–water partition coefficient (Wildman–Crippen LogP) is 1.66. The molecule has 1 saturated carbocycles. The number of likely N-dealkylation sites (tertiary alicyclic amines) is 1. The molecule has 1 aromatic carbocycles. The van der Waals surface area contributed by atoms with Gasteiger partial charge in [-0.15, -0.1) is 0 Å². The summed E-state index contributed by atoms with van der Waals surface area (Å²) in [6.45, 7) is 0.997. The number of benzene rings is 1. The Kier molecular flexibility index (Phi) is 2.37. The van der Waals surface area contributed by atoms with Crippen molar-refractivity contribution in [2.45, 2.75) is 37.5 Å². The molecule has 1 aliphatic carbocycles. The van der Waals surface area contributed by atoms with Gasteiger partial charge in [0.05, 0.1) is 12.1 Å². The van der Waals surface area contributed by atoms with Gasteiger partial charge in [-0.2, -0.15) is 0 Å². The molecular formula is C13H17NO2. The minimum Gasteiger partial charge on any atom is -0.508 e. The Morgan fingerprint density at radius 3 is 2.38 bits per heavy atom. The first-order valence-corrected chi connectivity index (χ1v) is 5.98. The number of aromatic hydroxyl groups is 1. The van der Waals surface area contributed by atoms with Crippen LogP contribution in [0.5, 0.6) is 5.75 Å². The molecule has 1 saturated heterocycles. The number of aliphatic hydroxyl groups excluding tert-OH is 1. The molecule has 3 nitrogen and oxygen atoms in total. The maximum atomic E-state index is 10.1.